The molecular weight excluding hydrogens is 210 g/mol. The number of aryl methyl sites for hydroxylation is 1. The molecule has 3 heteroatoms. The fraction of sp³-hybridized carbons (Fsp3) is 0.143. The highest BCUT2D eigenvalue weighted by molar-refractivity contribution is 5.69. The SMILES string of the molecule is Cc1cccc(CNc2ccc(N)c(N)c2)c1. The number of nitrogen functional groups attached to an aromatic ring is 2. The van der Waals surface area contributed by atoms with Crippen molar-refractivity contribution < 1.29 is 0 Å². The Kier molecular flexibility index (Phi) is 3.19. The average Bonchev–Trinajstić information content (AvgIpc) is 2.31. The topological polar surface area (TPSA) is 64.1 Å². The normalized spacial score (nSPS) is 10.2. The van der Waals surface area contributed by atoms with Crippen molar-refractivity contribution in [1.82, 2.24) is 0 Å². The summed E-state index contributed by atoms with van der Waals surface area (Å²) in [6.07, 6.45) is 0. The smallest absolute Gasteiger partial charge is 0.0568 e. The van der Waals surface area contributed by atoms with Gasteiger partial charge < -0.3 is 16.8 Å². The van der Waals surface area contributed by atoms with E-state index < -0.39 is 0 Å². The highest BCUT2D eigenvalue weighted by Crippen LogP contribution is 2.20. The molecule has 3 nitrogen and oxygen atoms in total. The molecule has 0 aliphatic rings. The summed E-state index contributed by atoms with van der Waals surface area (Å²) in [6.45, 7) is 2.87. The van der Waals surface area contributed by atoms with Crippen molar-refractivity contribution in [2.75, 3.05) is 16.8 Å². The zero-order valence-corrected chi connectivity index (χ0v) is 9.90. The molecule has 0 spiro atoms. The molecule has 0 saturated carbocycles. The van der Waals surface area contributed by atoms with Gasteiger partial charge >= 0.3 is 0 Å². The number of hydrogen-bond acceptors (Lipinski definition) is 3. The molecule has 17 heavy (non-hydrogen) atoms. The molecule has 5 N–H and O–H groups in total. The van der Waals surface area contributed by atoms with E-state index in [-0.39, 0.29) is 0 Å². The van der Waals surface area contributed by atoms with Gasteiger partial charge in [0.1, 0.15) is 0 Å². The minimum absolute atomic E-state index is 0.610. The lowest BCUT2D eigenvalue weighted by atomic mass is 10.1. The Morgan fingerprint density at radius 2 is 1.82 bits per heavy atom. The van der Waals surface area contributed by atoms with Crippen LogP contribution in [0.2, 0.25) is 0 Å². The van der Waals surface area contributed by atoms with E-state index in [9.17, 15) is 0 Å². The summed E-state index contributed by atoms with van der Waals surface area (Å²) in [7, 11) is 0. The van der Waals surface area contributed by atoms with Gasteiger partial charge in [-0.3, -0.25) is 0 Å². The molecule has 0 unspecified atom stereocenters. The predicted octanol–water partition coefficient (Wildman–Crippen LogP) is 2.77. The Bertz CT molecular complexity index is 521. The fourth-order valence-electron chi connectivity index (χ4n) is 1.71. The van der Waals surface area contributed by atoms with Crippen LogP contribution in [0.3, 0.4) is 0 Å². The van der Waals surface area contributed by atoms with E-state index in [1.54, 1.807) is 0 Å². The van der Waals surface area contributed by atoms with Gasteiger partial charge in [-0.15, -0.1) is 0 Å². The van der Waals surface area contributed by atoms with Crippen LogP contribution in [-0.4, -0.2) is 0 Å². The van der Waals surface area contributed by atoms with Crippen LogP contribution < -0.4 is 16.8 Å². The first-order chi connectivity index (χ1) is 8.15. The van der Waals surface area contributed by atoms with E-state index in [2.05, 4.69) is 36.5 Å². The monoisotopic (exact) mass is 227 g/mol. The molecule has 88 valence electrons. The average molecular weight is 227 g/mol. The molecule has 0 radical (unpaired) electrons. The highest BCUT2D eigenvalue weighted by Gasteiger charge is 1.98. The van der Waals surface area contributed by atoms with Crippen molar-refractivity contribution in [2.24, 2.45) is 0 Å². The third-order valence-corrected chi connectivity index (χ3v) is 2.67. The predicted molar refractivity (Wildman–Crippen MR) is 73.8 cm³/mol. The first-order valence-corrected chi connectivity index (χ1v) is 5.59. The first-order valence-electron chi connectivity index (χ1n) is 5.59. The maximum Gasteiger partial charge on any atom is 0.0568 e. The second kappa shape index (κ2) is 4.78. The molecule has 0 aliphatic carbocycles. The molecule has 0 amide bonds. The minimum atomic E-state index is 0.610. The number of benzene rings is 2. The lowest BCUT2D eigenvalue weighted by Crippen LogP contribution is -2.01. The molecule has 0 fully saturated rings. The number of nitrogens with two attached hydrogens (primary N) is 2. The van der Waals surface area contributed by atoms with E-state index >= 15 is 0 Å². The fourth-order valence-corrected chi connectivity index (χ4v) is 1.71. The summed E-state index contributed by atoms with van der Waals surface area (Å²) in [5.74, 6) is 0. The standard InChI is InChI=1S/C14H17N3/c1-10-3-2-4-11(7-10)9-17-12-5-6-13(15)14(16)8-12/h2-8,17H,9,15-16H2,1H3. The third-order valence-electron chi connectivity index (χ3n) is 2.67. The van der Waals surface area contributed by atoms with Gasteiger partial charge in [-0.1, -0.05) is 29.8 Å². The van der Waals surface area contributed by atoms with Crippen molar-refractivity contribution in [3.63, 3.8) is 0 Å². The molecule has 0 saturated heterocycles. The zero-order chi connectivity index (χ0) is 12.3. The number of rotatable bonds is 3. The molecule has 0 bridgehead atoms. The maximum absolute atomic E-state index is 5.75. The van der Waals surface area contributed by atoms with Gasteiger partial charge in [-0.05, 0) is 30.7 Å². The molecule has 0 atom stereocenters. The highest BCUT2D eigenvalue weighted by atomic mass is 14.9. The number of nitrogens with one attached hydrogen (secondary N) is 1. The summed E-state index contributed by atoms with van der Waals surface area (Å²) >= 11 is 0. The second-order valence-corrected chi connectivity index (χ2v) is 4.19. The summed E-state index contributed by atoms with van der Waals surface area (Å²) in [4.78, 5) is 0. The molecule has 0 aliphatic heterocycles. The van der Waals surface area contributed by atoms with Gasteiger partial charge in [0, 0.05) is 12.2 Å². The van der Waals surface area contributed by atoms with Gasteiger partial charge in [0.2, 0.25) is 0 Å². The van der Waals surface area contributed by atoms with Crippen molar-refractivity contribution in [3.05, 3.63) is 53.6 Å². The van der Waals surface area contributed by atoms with Crippen LogP contribution in [-0.2, 0) is 6.54 Å². The van der Waals surface area contributed by atoms with Gasteiger partial charge in [-0.25, -0.2) is 0 Å². The Hall–Kier alpha value is -2.16. The van der Waals surface area contributed by atoms with E-state index in [1.807, 2.05) is 18.2 Å². The molecular formula is C14H17N3. The van der Waals surface area contributed by atoms with E-state index in [0.717, 1.165) is 12.2 Å². The number of hydrogen-bond donors (Lipinski definition) is 3. The van der Waals surface area contributed by atoms with Crippen molar-refractivity contribution in [1.29, 1.82) is 0 Å². The van der Waals surface area contributed by atoms with Gasteiger partial charge in [0.05, 0.1) is 11.4 Å². The van der Waals surface area contributed by atoms with E-state index in [4.69, 9.17) is 11.5 Å². The molecule has 2 aromatic carbocycles. The quantitative estimate of drug-likeness (QED) is 0.706. The minimum Gasteiger partial charge on any atom is -0.397 e. The summed E-state index contributed by atoms with van der Waals surface area (Å²) in [6, 6.07) is 14.0. The third kappa shape index (κ3) is 2.91. The molecule has 0 aromatic heterocycles. The van der Waals surface area contributed by atoms with Crippen molar-refractivity contribution in [3.8, 4) is 0 Å². The van der Waals surface area contributed by atoms with Crippen LogP contribution in [0.5, 0.6) is 0 Å². The van der Waals surface area contributed by atoms with E-state index in [1.165, 1.54) is 11.1 Å². The lowest BCUT2D eigenvalue weighted by molar-refractivity contribution is 1.14. The molecule has 2 rings (SSSR count). The van der Waals surface area contributed by atoms with Crippen LogP contribution >= 0.6 is 0 Å². The summed E-state index contributed by atoms with van der Waals surface area (Å²) in [5, 5.41) is 3.32. The Morgan fingerprint density at radius 1 is 1.00 bits per heavy atom. The first kappa shape index (κ1) is 11.3. The van der Waals surface area contributed by atoms with E-state index in [0.29, 0.717) is 11.4 Å². The summed E-state index contributed by atoms with van der Waals surface area (Å²) < 4.78 is 0. The zero-order valence-electron chi connectivity index (χ0n) is 9.90. The van der Waals surface area contributed by atoms with Crippen molar-refractivity contribution >= 4 is 17.1 Å². The Balaban J connectivity index is 2.05. The molecule has 0 heterocycles. The second-order valence-electron chi connectivity index (χ2n) is 4.19. The van der Waals surface area contributed by atoms with Crippen molar-refractivity contribution in [2.45, 2.75) is 13.5 Å². The van der Waals surface area contributed by atoms with Gasteiger partial charge in [-0.2, -0.15) is 0 Å². The summed E-state index contributed by atoms with van der Waals surface area (Å²) in [5.41, 5.74) is 16.1. The Labute approximate surface area is 101 Å². The number of anilines is 3. The molecule has 2 aromatic rings. The van der Waals surface area contributed by atoms with Gasteiger partial charge in [0.15, 0.2) is 0 Å². The largest absolute Gasteiger partial charge is 0.397 e. The van der Waals surface area contributed by atoms with Crippen LogP contribution in [0.4, 0.5) is 17.1 Å². The van der Waals surface area contributed by atoms with Crippen LogP contribution in [0, 0.1) is 6.92 Å². The van der Waals surface area contributed by atoms with Gasteiger partial charge in [0.25, 0.3) is 0 Å². The van der Waals surface area contributed by atoms with Crippen LogP contribution in [0.25, 0.3) is 0 Å². The van der Waals surface area contributed by atoms with Crippen LogP contribution in [0.1, 0.15) is 11.1 Å². The lowest BCUT2D eigenvalue weighted by Gasteiger charge is -2.09. The van der Waals surface area contributed by atoms with Crippen LogP contribution in [0.15, 0.2) is 42.5 Å². The Morgan fingerprint density at radius 3 is 2.53 bits per heavy atom. The maximum atomic E-state index is 5.75.